The highest BCUT2D eigenvalue weighted by Crippen LogP contribution is 2.37. The lowest BCUT2D eigenvalue weighted by Crippen LogP contribution is -2.44. The molecule has 1 amide bonds. The van der Waals surface area contributed by atoms with Crippen molar-refractivity contribution in [3.8, 4) is 5.75 Å². The smallest absolute Gasteiger partial charge is 0.265 e. The molecule has 1 aromatic carbocycles. The average molecular weight is 358 g/mol. The molecule has 1 aromatic rings. The zero-order chi connectivity index (χ0) is 14.9. The highest BCUT2D eigenvalue weighted by atomic mass is 79.9. The van der Waals surface area contributed by atoms with Gasteiger partial charge >= 0.3 is 0 Å². The number of hydrogen-bond acceptors (Lipinski definition) is 3. The second-order valence-electron chi connectivity index (χ2n) is 6.15. The van der Waals surface area contributed by atoms with Crippen molar-refractivity contribution in [1.82, 2.24) is 0 Å². The van der Waals surface area contributed by atoms with Crippen LogP contribution in [-0.2, 0) is 4.79 Å². The quantitative estimate of drug-likeness (QED) is 0.834. The van der Waals surface area contributed by atoms with E-state index in [1.165, 1.54) is 0 Å². The number of benzene rings is 1. The molecule has 0 bridgehead atoms. The minimum atomic E-state index is 0.00614. The number of thiol groups is 1. The van der Waals surface area contributed by atoms with E-state index < -0.39 is 0 Å². The molecular formula is C15H20BrNO2S. The molecular weight excluding hydrogens is 338 g/mol. The summed E-state index contributed by atoms with van der Waals surface area (Å²) < 4.78 is 6.43. The Morgan fingerprint density at radius 2 is 2.15 bits per heavy atom. The summed E-state index contributed by atoms with van der Waals surface area (Å²) in [5.74, 6) is 1.84. The molecule has 3 nitrogen and oxygen atoms in total. The van der Waals surface area contributed by atoms with Crippen molar-refractivity contribution in [1.29, 1.82) is 0 Å². The fourth-order valence-electron chi connectivity index (χ4n) is 2.20. The highest BCUT2D eigenvalue weighted by molar-refractivity contribution is 9.10. The topological polar surface area (TPSA) is 29.5 Å². The van der Waals surface area contributed by atoms with Crippen molar-refractivity contribution in [2.45, 2.75) is 20.8 Å². The average Bonchev–Trinajstić information content (AvgIpc) is 2.36. The number of carbonyl (C=O) groups excluding carboxylic acids is 1. The van der Waals surface area contributed by atoms with E-state index in [2.05, 4.69) is 49.3 Å². The molecule has 0 aliphatic carbocycles. The van der Waals surface area contributed by atoms with Crippen molar-refractivity contribution < 1.29 is 9.53 Å². The second-order valence-corrected chi connectivity index (χ2v) is 7.43. The molecule has 0 aromatic heterocycles. The molecule has 0 N–H and O–H groups in total. The number of hydrogen-bond donors (Lipinski definition) is 1. The summed E-state index contributed by atoms with van der Waals surface area (Å²) in [5, 5.41) is 0. The van der Waals surface area contributed by atoms with Crippen LogP contribution in [0.1, 0.15) is 20.8 Å². The van der Waals surface area contributed by atoms with Crippen LogP contribution in [0.3, 0.4) is 0 Å². The Bertz CT molecular complexity index is 513. The summed E-state index contributed by atoms with van der Waals surface area (Å²) in [7, 11) is 0. The van der Waals surface area contributed by atoms with Crippen molar-refractivity contribution in [3.63, 3.8) is 0 Å². The molecule has 1 atom stereocenters. The van der Waals surface area contributed by atoms with Crippen LogP contribution in [0, 0.1) is 11.3 Å². The van der Waals surface area contributed by atoms with E-state index in [1.54, 1.807) is 0 Å². The van der Waals surface area contributed by atoms with Gasteiger partial charge < -0.3 is 9.64 Å². The molecule has 0 radical (unpaired) electrons. The van der Waals surface area contributed by atoms with Crippen LogP contribution >= 0.6 is 28.6 Å². The van der Waals surface area contributed by atoms with E-state index in [0.29, 0.717) is 12.5 Å². The van der Waals surface area contributed by atoms with Crippen molar-refractivity contribution >= 4 is 40.2 Å². The first-order valence-electron chi connectivity index (χ1n) is 6.66. The van der Waals surface area contributed by atoms with Crippen LogP contribution in [0.25, 0.3) is 0 Å². The second kappa shape index (κ2) is 5.98. The predicted molar refractivity (Wildman–Crippen MR) is 88.8 cm³/mol. The lowest BCUT2D eigenvalue weighted by molar-refractivity contribution is -0.121. The predicted octanol–water partition coefficient (Wildman–Crippen LogP) is 3.77. The number of fused-ring (bicyclic) bond motifs is 1. The van der Waals surface area contributed by atoms with Crippen LogP contribution in [0.2, 0.25) is 0 Å². The monoisotopic (exact) mass is 357 g/mol. The van der Waals surface area contributed by atoms with Crippen LogP contribution in [0.15, 0.2) is 22.7 Å². The summed E-state index contributed by atoms with van der Waals surface area (Å²) in [6.45, 7) is 7.32. The van der Waals surface area contributed by atoms with Crippen LogP contribution < -0.4 is 9.64 Å². The molecule has 110 valence electrons. The van der Waals surface area contributed by atoms with Gasteiger partial charge in [-0.2, -0.15) is 12.6 Å². The maximum absolute atomic E-state index is 12.2. The Labute approximate surface area is 134 Å². The van der Waals surface area contributed by atoms with Gasteiger partial charge in [0.25, 0.3) is 5.91 Å². The van der Waals surface area contributed by atoms with E-state index in [1.807, 2.05) is 23.1 Å². The van der Waals surface area contributed by atoms with Gasteiger partial charge in [-0.15, -0.1) is 0 Å². The molecule has 0 fully saturated rings. The van der Waals surface area contributed by atoms with Gasteiger partial charge in [0, 0.05) is 11.0 Å². The van der Waals surface area contributed by atoms with Crippen LogP contribution in [0.5, 0.6) is 5.75 Å². The molecule has 0 spiro atoms. The third-order valence-electron chi connectivity index (χ3n) is 3.71. The van der Waals surface area contributed by atoms with Crippen molar-refractivity contribution in [2.75, 3.05) is 23.8 Å². The van der Waals surface area contributed by atoms with E-state index in [-0.39, 0.29) is 17.9 Å². The van der Waals surface area contributed by atoms with Gasteiger partial charge in [-0.3, -0.25) is 4.79 Å². The highest BCUT2D eigenvalue weighted by Gasteiger charge is 2.32. The molecule has 1 unspecified atom stereocenters. The molecule has 20 heavy (non-hydrogen) atoms. The maximum Gasteiger partial charge on any atom is 0.265 e. The zero-order valence-corrected chi connectivity index (χ0v) is 14.5. The molecule has 1 heterocycles. The number of nitrogens with zero attached hydrogens (tertiary/aromatic N) is 1. The Balaban J connectivity index is 2.32. The third kappa shape index (κ3) is 3.31. The summed E-state index contributed by atoms with van der Waals surface area (Å²) >= 11 is 7.90. The lowest BCUT2D eigenvalue weighted by Gasteiger charge is -2.37. The number of rotatable bonds is 3. The van der Waals surface area contributed by atoms with Crippen LogP contribution in [-0.4, -0.2) is 24.8 Å². The maximum atomic E-state index is 12.2. The largest absolute Gasteiger partial charge is 0.482 e. The Kier molecular flexibility index (Phi) is 4.69. The van der Waals surface area contributed by atoms with Crippen molar-refractivity contribution in [3.05, 3.63) is 22.7 Å². The lowest BCUT2D eigenvalue weighted by atomic mass is 9.81. The SMILES string of the molecule is CC(C)(C)C(CS)CN1C(=O)COc2ccc(Br)cc21. The molecule has 0 saturated heterocycles. The molecule has 1 aliphatic rings. The first-order chi connectivity index (χ1) is 9.32. The Hall–Kier alpha value is -0.680. The minimum Gasteiger partial charge on any atom is -0.482 e. The normalized spacial score (nSPS) is 16.6. The third-order valence-corrected chi connectivity index (χ3v) is 4.65. The number of amides is 1. The summed E-state index contributed by atoms with van der Waals surface area (Å²) in [5.41, 5.74) is 0.943. The van der Waals surface area contributed by atoms with E-state index in [4.69, 9.17) is 4.74 Å². The summed E-state index contributed by atoms with van der Waals surface area (Å²) in [6, 6.07) is 5.75. The number of anilines is 1. The van der Waals surface area contributed by atoms with Gasteiger partial charge in [-0.05, 0) is 35.3 Å². The number of halogens is 1. The van der Waals surface area contributed by atoms with Gasteiger partial charge in [0.1, 0.15) is 5.75 Å². The number of ether oxygens (including phenoxy) is 1. The molecule has 0 saturated carbocycles. The Morgan fingerprint density at radius 3 is 2.75 bits per heavy atom. The summed E-state index contributed by atoms with van der Waals surface area (Å²) in [4.78, 5) is 14.0. The van der Waals surface area contributed by atoms with E-state index >= 15 is 0 Å². The van der Waals surface area contributed by atoms with Gasteiger partial charge in [-0.1, -0.05) is 36.7 Å². The number of carbonyl (C=O) groups is 1. The molecule has 2 rings (SSSR count). The van der Waals surface area contributed by atoms with Crippen molar-refractivity contribution in [2.24, 2.45) is 11.3 Å². The Morgan fingerprint density at radius 1 is 1.45 bits per heavy atom. The van der Waals surface area contributed by atoms with Gasteiger partial charge in [0.15, 0.2) is 6.61 Å². The molecule has 5 heteroatoms. The summed E-state index contributed by atoms with van der Waals surface area (Å²) in [6.07, 6.45) is 0. The first kappa shape index (κ1) is 15.7. The first-order valence-corrected chi connectivity index (χ1v) is 8.09. The fraction of sp³-hybridized carbons (Fsp3) is 0.533. The fourth-order valence-corrected chi connectivity index (χ4v) is 3.21. The molecule has 1 aliphatic heterocycles. The van der Waals surface area contributed by atoms with Crippen LogP contribution in [0.4, 0.5) is 5.69 Å². The van der Waals surface area contributed by atoms with Gasteiger partial charge in [0.05, 0.1) is 5.69 Å². The van der Waals surface area contributed by atoms with Gasteiger partial charge in [0.2, 0.25) is 0 Å². The zero-order valence-electron chi connectivity index (χ0n) is 12.0. The van der Waals surface area contributed by atoms with E-state index in [0.717, 1.165) is 21.7 Å². The minimum absolute atomic E-state index is 0.00614. The van der Waals surface area contributed by atoms with Gasteiger partial charge in [-0.25, -0.2) is 0 Å². The standard InChI is InChI=1S/C15H20BrNO2S/c1-15(2,3)10(9-20)7-17-12-6-11(16)4-5-13(12)19-8-14(17)18/h4-6,10,20H,7-9H2,1-3H3. The van der Waals surface area contributed by atoms with E-state index in [9.17, 15) is 4.79 Å².